The Morgan fingerprint density at radius 1 is 1.21 bits per heavy atom. The Kier molecular flexibility index (Phi) is 5.48. The van der Waals surface area contributed by atoms with E-state index in [1.807, 2.05) is 0 Å². The first-order valence-corrected chi connectivity index (χ1v) is 8.77. The van der Waals surface area contributed by atoms with Gasteiger partial charge in [-0.2, -0.15) is 0 Å². The number of nitrogen functional groups attached to an aromatic ring is 1. The smallest absolute Gasteiger partial charge is 0.340 e. The second-order valence-corrected chi connectivity index (χ2v) is 7.83. The Morgan fingerprint density at radius 2 is 1.92 bits per heavy atom. The first-order chi connectivity index (χ1) is 11.2. The van der Waals surface area contributed by atoms with Crippen molar-refractivity contribution in [1.82, 2.24) is 4.31 Å². The van der Waals surface area contributed by atoms with Crippen LogP contribution in [-0.4, -0.2) is 32.8 Å². The molecule has 0 atom stereocenters. The van der Waals surface area contributed by atoms with Crippen LogP contribution in [0.3, 0.4) is 0 Å². The van der Waals surface area contributed by atoms with Crippen LogP contribution >= 0.6 is 11.6 Å². The number of halogens is 1. The van der Waals surface area contributed by atoms with E-state index in [0.717, 1.165) is 4.31 Å². The van der Waals surface area contributed by atoms with E-state index in [-0.39, 0.29) is 22.8 Å². The number of benzene rings is 2. The second kappa shape index (κ2) is 7.21. The molecular weight excluding hydrogens is 352 g/mol. The van der Waals surface area contributed by atoms with Crippen molar-refractivity contribution in [3.05, 3.63) is 58.6 Å². The summed E-state index contributed by atoms with van der Waals surface area (Å²) in [5.41, 5.74) is 6.71. The quantitative estimate of drug-likeness (QED) is 0.647. The number of hydrogen-bond donors (Lipinski definition) is 1. The molecule has 6 nitrogen and oxygen atoms in total. The van der Waals surface area contributed by atoms with E-state index in [2.05, 4.69) is 0 Å². The van der Waals surface area contributed by atoms with Crippen molar-refractivity contribution < 1.29 is 17.9 Å². The minimum atomic E-state index is -3.54. The Hall–Kier alpha value is -2.09. The average molecular weight is 369 g/mol. The van der Waals surface area contributed by atoms with Crippen LogP contribution in [0.15, 0.2) is 47.4 Å². The van der Waals surface area contributed by atoms with E-state index >= 15 is 0 Å². The van der Waals surface area contributed by atoms with E-state index in [1.165, 1.54) is 38.4 Å². The van der Waals surface area contributed by atoms with Gasteiger partial charge in [-0.05, 0) is 35.9 Å². The van der Waals surface area contributed by atoms with E-state index < -0.39 is 16.0 Å². The molecule has 0 aliphatic heterocycles. The molecule has 0 saturated carbocycles. The van der Waals surface area contributed by atoms with Crippen LogP contribution in [0.25, 0.3) is 0 Å². The lowest BCUT2D eigenvalue weighted by Crippen LogP contribution is -2.22. The van der Waals surface area contributed by atoms with Crippen LogP contribution < -0.4 is 5.73 Å². The molecule has 0 aliphatic rings. The number of ether oxygens (including phenoxy) is 1. The van der Waals surface area contributed by atoms with Crippen molar-refractivity contribution >= 4 is 33.3 Å². The maximum absolute atomic E-state index is 12.1. The van der Waals surface area contributed by atoms with Gasteiger partial charge < -0.3 is 10.5 Å². The van der Waals surface area contributed by atoms with Crippen molar-refractivity contribution in [2.24, 2.45) is 0 Å². The molecule has 2 aromatic rings. The number of esters is 1. The average Bonchev–Trinajstić information content (AvgIpc) is 2.52. The summed E-state index contributed by atoms with van der Waals surface area (Å²) in [4.78, 5) is 12.2. The van der Waals surface area contributed by atoms with Crippen LogP contribution in [0.5, 0.6) is 0 Å². The number of carbonyl (C=O) groups excluding carboxylic acids is 1. The van der Waals surface area contributed by atoms with Crippen LogP contribution in [0.1, 0.15) is 15.9 Å². The van der Waals surface area contributed by atoms with Gasteiger partial charge in [0.1, 0.15) is 6.61 Å². The maximum Gasteiger partial charge on any atom is 0.340 e. The molecule has 0 bridgehead atoms. The lowest BCUT2D eigenvalue weighted by molar-refractivity contribution is 0.0474. The number of sulfonamides is 1. The Morgan fingerprint density at radius 3 is 2.54 bits per heavy atom. The monoisotopic (exact) mass is 368 g/mol. The standard InChI is InChI=1S/C16H17ClN2O4S/c1-19(2)24(21,22)13-5-3-4-11(8-13)10-23-16(20)14-7-6-12(17)9-15(14)18/h3-9H,10,18H2,1-2H3. The third kappa shape index (κ3) is 4.05. The van der Waals surface area contributed by atoms with Gasteiger partial charge in [-0.3, -0.25) is 0 Å². The van der Waals surface area contributed by atoms with E-state index in [9.17, 15) is 13.2 Å². The summed E-state index contributed by atoms with van der Waals surface area (Å²) in [7, 11) is -0.644. The molecule has 0 unspecified atom stereocenters. The van der Waals surface area contributed by atoms with Crippen molar-refractivity contribution in [2.75, 3.05) is 19.8 Å². The molecule has 2 aromatic carbocycles. The van der Waals surface area contributed by atoms with E-state index in [1.54, 1.807) is 18.2 Å². The first-order valence-electron chi connectivity index (χ1n) is 6.95. The summed E-state index contributed by atoms with van der Waals surface area (Å²) in [5.74, 6) is -0.606. The van der Waals surface area contributed by atoms with Crippen molar-refractivity contribution in [3.63, 3.8) is 0 Å². The highest BCUT2D eigenvalue weighted by atomic mass is 35.5. The van der Waals surface area contributed by atoms with Crippen molar-refractivity contribution in [1.29, 1.82) is 0 Å². The zero-order valence-corrected chi connectivity index (χ0v) is 14.8. The molecule has 0 aliphatic carbocycles. The van der Waals surface area contributed by atoms with Gasteiger partial charge in [0.05, 0.1) is 10.5 Å². The fraction of sp³-hybridized carbons (Fsp3) is 0.188. The van der Waals surface area contributed by atoms with Gasteiger partial charge in [-0.15, -0.1) is 0 Å². The van der Waals surface area contributed by atoms with Gasteiger partial charge in [0.2, 0.25) is 10.0 Å². The predicted octanol–water partition coefficient (Wildman–Crippen LogP) is 2.53. The number of carbonyl (C=O) groups is 1. The van der Waals surface area contributed by atoms with Crippen LogP contribution in [0, 0.1) is 0 Å². The van der Waals surface area contributed by atoms with Crippen LogP contribution in [0.4, 0.5) is 5.69 Å². The molecule has 128 valence electrons. The van der Waals surface area contributed by atoms with Crippen molar-refractivity contribution in [2.45, 2.75) is 11.5 Å². The minimum Gasteiger partial charge on any atom is -0.457 e. The molecule has 0 fully saturated rings. The van der Waals surface area contributed by atoms with E-state index in [0.29, 0.717) is 10.6 Å². The lowest BCUT2D eigenvalue weighted by atomic mass is 10.2. The highest BCUT2D eigenvalue weighted by molar-refractivity contribution is 7.89. The molecule has 0 amide bonds. The zero-order chi connectivity index (χ0) is 17.9. The fourth-order valence-electron chi connectivity index (χ4n) is 1.95. The van der Waals surface area contributed by atoms with Gasteiger partial charge in [-0.1, -0.05) is 23.7 Å². The summed E-state index contributed by atoms with van der Waals surface area (Å²) in [5, 5.41) is 0.422. The topological polar surface area (TPSA) is 89.7 Å². The maximum atomic E-state index is 12.1. The summed E-state index contributed by atoms with van der Waals surface area (Å²) >= 11 is 5.79. The molecular formula is C16H17ClN2O4S. The second-order valence-electron chi connectivity index (χ2n) is 5.24. The molecule has 2 rings (SSSR count). The Bertz CT molecular complexity index is 866. The summed E-state index contributed by atoms with van der Waals surface area (Å²) in [6.45, 7) is -0.0717. The molecule has 0 radical (unpaired) electrons. The predicted molar refractivity (Wildman–Crippen MR) is 92.3 cm³/mol. The van der Waals surface area contributed by atoms with Gasteiger partial charge in [-0.25, -0.2) is 17.5 Å². The summed E-state index contributed by atoms with van der Waals surface area (Å²) in [6, 6.07) is 10.7. The number of nitrogens with two attached hydrogens (primary N) is 1. The van der Waals surface area contributed by atoms with Gasteiger partial charge in [0.15, 0.2) is 0 Å². The Labute approximate surface area is 145 Å². The highest BCUT2D eigenvalue weighted by Gasteiger charge is 2.18. The third-order valence-corrected chi connectivity index (χ3v) is 5.33. The molecule has 0 spiro atoms. The number of nitrogens with zero attached hydrogens (tertiary/aromatic N) is 1. The third-order valence-electron chi connectivity index (χ3n) is 3.28. The fourth-order valence-corrected chi connectivity index (χ4v) is 3.11. The van der Waals surface area contributed by atoms with Crippen LogP contribution in [-0.2, 0) is 21.4 Å². The van der Waals surface area contributed by atoms with Gasteiger partial charge in [0, 0.05) is 24.8 Å². The molecule has 0 saturated heterocycles. The normalized spacial score (nSPS) is 11.5. The highest BCUT2D eigenvalue weighted by Crippen LogP contribution is 2.20. The largest absolute Gasteiger partial charge is 0.457 e. The lowest BCUT2D eigenvalue weighted by Gasteiger charge is -2.12. The van der Waals surface area contributed by atoms with Crippen LogP contribution in [0.2, 0.25) is 5.02 Å². The molecule has 8 heteroatoms. The van der Waals surface area contributed by atoms with Crippen molar-refractivity contribution in [3.8, 4) is 0 Å². The summed E-state index contributed by atoms with van der Waals surface area (Å²) < 4.78 is 30.5. The number of anilines is 1. The Balaban J connectivity index is 2.14. The summed E-state index contributed by atoms with van der Waals surface area (Å²) in [6.07, 6.45) is 0. The molecule has 0 aromatic heterocycles. The molecule has 24 heavy (non-hydrogen) atoms. The number of hydrogen-bond acceptors (Lipinski definition) is 5. The van der Waals surface area contributed by atoms with Gasteiger partial charge in [0.25, 0.3) is 0 Å². The molecule has 2 N–H and O–H groups in total. The van der Waals surface area contributed by atoms with E-state index in [4.69, 9.17) is 22.1 Å². The first kappa shape index (κ1) is 18.3. The number of rotatable bonds is 5. The molecule has 0 heterocycles. The zero-order valence-electron chi connectivity index (χ0n) is 13.2. The van der Waals surface area contributed by atoms with Gasteiger partial charge >= 0.3 is 5.97 Å². The minimum absolute atomic E-state index is 0.0717. The SMILES string of the molecule is CN(C)S(=O)(=O)c1cccc(COC(=O)c2ccc(Cl)cc2N)c1.